The number of anilines is 1. The summed E-state index contributed by atoms with van der Waals surface area (Å²) in [7, 11) is 1.84. The molecule has 1 rings (SSSR count). The Hall–Kier alpha value is -1.51. The Balaban J connectivity index is 2.53. The maximum absolute atomic E-state index is 11.9. The highest BCUT2D eigenvalue weighted by Gasteiger charge is 2.10. The molecule has 0 saturated heterocycles. The minimum absolute atomic E-state index is 0.0658. The van der Waals surface area contributed by atoms with E-state index in [2.05, 4.69) is 6.92 Å². The molecule has 0 atom stereocenters. The molecule has 16 heavy (non-hydrogen) atoms. The Bertz CT molecular complexity index is 332. The molecule has 0 saturated carbocycles. The van der Waals surface area contributed by atoms with E-state index in [-0.39, 0.29) is 5.91 Å². The molecule has 2 N–H and O–H groups in total. The molecule has 0 aliphatic carbocycles. The normalized spacial score (nSPS) is 10.1. The van der Waals surface area contributed by atoms with Gasteiger partial charge in [-0.3, -0.25) is 4.79 Å². The molecule has 0 unspecified atom stereocenters. The average molecular weight is 220 g/mol. The number of hydrogen-bond donors (Lipinski definition) is 1. The second-order valence-electron chi connectivity index (χ2n) is 4.06. The number of nitrogens with two attached hydrogens (primary N) is 1. The van der Waals surface area contributed by atoms with E-state index in [0.29, 0.717) is 11.3 Å². The number of nitrogen functional groups attached to an aromatic ring is 1. The number of hydrogen-bond acceptors (Lipinski definition) is 2. The standard InChI is InChI=1S/C13H20N2O/c1-3-4-5-10-15(2)13(16)11-6-8-12(14)9-7-11/h6-9H,3-5,10,14H2,1-2H3. The molecule has 0 aliphatic heterocycles. The van der Waals surface area contributed by atoms with E-state index in [1.807, 2.05) is 7.05 Å². The van der Waals surface area contributed by atoms with Crippen molar-refractivity contribution in [2.75, 3.05) is 19.3 Å². The minimum Gasteiger partial charge on any atom is -0.399 e. The zero-order valence-corrected chi connectivity index (χ0v) is 10.1. The van der Waals surface area contributed by atoms with Crippen molar-refractivity contribution in [2.45, 2.75) is 26.2 Å². The van der Waals surface area contributed by atoms with Crippen molar-refractivity contribution in [3.05, 3.63) is 29.8 Å². The topological polar surface area (TPSA) is 46.3 Å². The van der Waals surface area contributed by atoms with Gasteiger partial charge in [0.05, 0.1) is 0 Å². The van der Waals surface area contributed by atoms with Crippen LogP contribution in [-0.4, -0.2) is 24.4 Å². The molecule has 0 aromatic heterocycles. The summed E-state index contributed by atoms with van der Waals surface area (Å²) in [5, 5.41) is 0. The largest absolute Gasteiger partial charge is 0.399 e. The quantitative estimate of drug-likeness (QED) is 0.612. The van der Waals surface area contributed by atoms with Crippen LogP contribution in [-0.2, 0) is 0 Å². The van der Waals surface area contributed by atoms with Crippen LogP contribution in [0.1, 0.15) is 36.5 Å². The third kappa shape index (κ3) is 3.57. The molecule has 0 radical (unpaired) electrons. The highest BCUT2D eigenvalue weighted by Crippen LogP contribution is 2.08. The van der Waals surface area contributed by atoms with E-state index in [9.17, 15) is 4.79 Å². The lowest BCUT2D eigenvalue weighted by Crippen LogP contribution is -2.27. The third-order valence-corrected chi connectivity index (χ3v) is 2.60. The van der Waals surface area contributed by atoms with E-state index in [1.54, 1.807) is 29.2 Å². The molecule has 3 nitrogen and oxygen atoms in total. The van der Waals surface area contributed by atoms with Crippen LogP contribution in [0, 0.1) is 0 Å². The van der Waals surface area contributed by atoms with Crippen molar-refractivity contribution in [1.82, 2.24) is 4.90 Å². The lowest BCUT2D eigenvalue weighted by atomic mass is 10.1. The van der Waals surface area contributed by atoms with Gasteiger partial charge in [-0.1, -0.05) is 19.8 Å². The van der Waals surface area contributed by atoms with E-state index >= 15 is 0 Å². The van der Waals surface area contributed by atoms with Crippen molar-refractivity contribution in [3.8, 4) is 0 Å². The molecule has 88 valence electrons. The lowest BCUT2D eigenvalue weighted by Gasteiger charge is -2.16. The van der Waals surface area contributed by atoms with Crippen LogP contribution in [0.25, 0.3) is 0 Å². The van der Waals surface area contributed by atoms with E-state index in [0.717, 1.165) is 13.0 Å². The number of amides is 1. The first-order valence-electron chi connectivity index (χ1n) is 5.76. The van der Waals surface area contributed by atoms with Gasteiger partial charge in [-0.25, -0.2) is 0 Å². The molecule has 1 amide bonds. The number of carbonyl (C=O) groups is 1. The Kier molecular flexibility index (Phi) is 4.83. The van der Waals surface area contributed by atoms with Gasteiger partial charge in [0.1, 0.15) is 0 Å². The van der Waals surface area contributed by atoms with Crippen molar-refractivity contribution >= 4 is 11.6 Å². The third-order valence-electron chi connectivity index (χ3n) is 2.60. The predicted molar refractivity (Wildman–Crippen MR) is 67.3 cm³/mol. The Morgan fingerprint density at radius 2 is 1.88 bits per heavy atom. The van der Waals surface area contributed by atoms with Gasteiger partial charge in [0.25, 0.3) is 5.91 Å². The van der Waals surface area contributed by atoms with Crippen LogP contribution in [0.15, 0.2) is 24.3 Å². The van der Waals surface area contributed by atoms with Gasteiger partial charge in [0.2, 0.25) is 0 Å². The molecular formula is C13H20N2O. The Morgan fingerprint density at radius 3 is 2.44 bits per heavy atom. The van der Waals surface area contributed by atoms with Crippen LogP contribution in [0.5, 0.6) is 0 Å². The summed E-state index contributed by atoms with van der Waals surface area (Å²) in [5.41, 5.74) is 6.96. The fraction of sp³-hybridized carbons (Fsp3) is 0.462. The molecule has 0 aliphatic rings. The molecule has 0 bridgehead atoms. The van der Waals surface area contributed by atoms with Crippen LogP contribution in [0.4, 0.5) is 5.69 Å². The summed E-state index contributed by atoms with van der Waals surface area (Å²) in [6, 6.07) is 7.06. The summed E-state index contributed by atoms with van der Waals surface area (Å²) in [5.74, 6) is 0.0658. The van der Waals surface area contributed by atoms with E-state index < -0.39 is 0 Å². The fourth-order valence-electron chi connectivity index (χ4n) is 1.55. The summed E-state index contributed by atoms with van der Waals surface area (Å²) in [4.78, 5) is 13.7. The SMILES string of the molecule is CCCCCN(C)C(=O)c1ccc(N)cc1. The number of carbonyl (C=O) groups excluding carboxylic acids is 1. The second-order valence-corrected chi connectivity index (χ2v) is 4.06. The maximum atomic E-state index is 11.9. The van der Waals surface area contributed by atoms with Crippen LogP contribution < -0.4 is 5.73 Å². The number of benzene rings is 1. The van der Waals surface area contributed by atoms with Crippen LogP contribution in [0.3, 0.4) is 0 Å². The summed E-state index contributed by atoms with van der Waals surface area (Å²) < 4.78 is 0. The predicted octanol–water partition coefficient (Wildman–Crippen LogP) is 2.53. The molecule has 0 spiro atoms. The molecule has 0 heterocycles. The Labute approximate surface area is 97.2 Å². The Morgan fingerprint density at radius 1 is 1.25 bits per heavy atom. The maximum Gasteiger partial charge on any atom is 0.253 e. The number of unbranched alkanes of at least 4 members (excludes halogenated alkanes) is 2. The monoisotopic (exact) mass is 220 g/mol. The van der Waals surface area contributed by atoms with E-state index in [4.69, 9.17) is 5.73 Å². The van der Waals surface area contributed by atoms with Crippen molar-refractivity contribution < 1.29 is 4.79 Å². The smallest absolute Gasteiger partial charge is 0.253 e. The van der Waals surface area contributed by atoms with Gasteiger partial charge in [-0.2, -0.15) is 0 Å². The summed E-state index contributed by atoms with van der Waals surface area (Å²) in [6.07, 6.45) is 3.40. The molecule has 1 aromatic rings. The van der Waals surface area contributed by atoms with Crippen molar-refractivity contribution in [1.29, 1.82) is 0 Å². The van der Waals surface area contributed by atoms with E-state index in [1.165, 1.54) is 12.8 Å². The van der Waals surface area contributed by atoms with Gasteiger partial charge in [0.15, 0.2) is 0 Å². The van der Waals surface area contributed by atoms with Gasteiger partial charge in [0, 0.05) is 24.8 Å². The molecule has 0 fully saturated rings. The zero-order valence-electron chi connectivity index (χ0n) is 10.1. The average Bonchev–Trinajstić information content (AvgIpc) is 2.29. The second kappa shape index (κ2) is 6.16. The van der Waals surface area contributed by atoms with Gasteiger partial charge >= 0.3 is 0 Å². The van der Waals surface area contributed by atoms with Crippen LogP contribution >= 0.6 is 0 Å². The van der Waals surface area contributed by atoms with Crippen LogP contribution in [0.2, 0.25) is 0 Å². The van der Waals surface area contributed by atoms with Crippen molar-refractivity contribution in [3.63, 3.8) is 0 Å². The van der Waals surface area contributed by atoms with Gasteiger partial charge < -0.3 is 10.6 Å². The highest BCUT2D eigenvalue weighted by atomic mass is 16.2. The van der Waals surface area contributed by atoms with Crippen molar-refractivity contribution in [2.24, 2.45) is 0 Å². The fourth-order valence-corrected chi connectivity index (χ4v) is 1.55. The minimum atomic E-state index is 0.0658. The van der Waals surface area contributed by atoms with Gasteiger partial charge in [-0.05, 0) is 30.7 Å². The molecular weight excluding hydrogens is 200 g/mol. The molecule has 1 aromatic carbocycles. The first-order valence-corrected chi connectivity index (χ1v) is 5.76. The number of nitrogens with zero attached hydrogens (tertiary/aromatic N) is 1. The first kappa shape index (κ1) is 12.6. The summed E-state index contributed by atoms with van der Waals surface area (Å²) >= 11 is 0. The summed E-state index contributed by atoms with van der Waals surface area (Å²) in [6.45, 7) is 2.97. The zero-order chi connectivity index (χ0) is 12.0. The molecule has 3 heteroatoms. The lowest BCUT2D eigenvalue weighted by molar-refractivity contribution is 0.0792. The van der Waals surface area contributed by atoms with Gasteiger partial charge in [-0.15, -0.1) is 0 Å². The first-order chi connectivity index (χ1) is 7.65. The highest BCUT2D eigenvalue weighted by molar-refractivity contribution is 5.94. The number of rotatable bonds is 5.